The van der Waals surface area contributed by atoms with Gasteiger partial charge in [0, 0.05) is 13.1 Å². The number of carbonyl (C=O) groups excluding carboxylic acids is 2. The molecule has 1 N–H and O–H groups in total. The second-order valence-corrected chi connectivity index (χ2v) is 6.70. The van der Waals surface area contributed by atoms with Crippen LogP contribution in [0.5, 0.6) is 5.75 Å². The fourth-order valence-corrected chi connectivity index (χ4v) is 2.46. The maximum absolute atomic E-state index is 12.4. The summed E-state index contributed by atoms with van der Waals surface area (Å²) in [5, 5.41) is 2.71. The number of amides is 2. The Morgan fingerprint density at radius 3 is 2.21 bits per heavy atom. The SMILES string of the molecule is CCOc1ccccc1C(=O)NCC(=O)N(CC(C)C)CC(C)C. The van der Waals surface area contributed by atoms with Crippen molar-refractivity contribution in [3.05, 3.63) is 29.8 Å². The largest absolute Gasteiger partial charge is 0.493 e. The van der Waals surface area contributed by atoms with Crippen molar-refractivity contribution in [3.63, 3.8) is 0 Å². The van der Waals surface area contributed by atoms with Crippen LogP contribution in [-0.4, -0.2) is 43.0 Å². The van der Waals surface area contributed by atoms with E-state index in [1.165, 1.54) is 0 Å². The van der Waals surface area contributed by atoms with Crippen molar-refractivity contribution < 1.29 is 14.3 Å². The van der Waals surface area contributed by atoms with Crippen molar-refractivity contribution in [2.45, 2.75) is 34.6 Å². The number of benzene rings is 1. The average molecular weight is 334 g/mol. The van der Waals surface area contributed by atoms with E-state index in [4.69, 9.17) is 4.74 Å². The van der Waals surface area contributed by atoms with E-state index in [0.717, 1.165) is 0 Å². The van der Waals surface area contributed by atoms with E-state index in [-0.39, 0.29) is 18.4 Å². The first kappa shape index (κ1) is 20.0. The molecule has 1 aromatic carbocycles. The lowest BCUT2D eigenvalue weighted by atomic mass is 10.1. The molecule has 0 radical (unpaired) electrons. The Morgan fingerprint density at radius 1 is 1.08 bits per heavy atom. The zero-order valence-electron chi connectivity index (χ0n) is 15.5. The Bertz CT molecular complexity index is 531. The summed E-state index contributed by atoms with van der Waals surface area (Å²) in [6.07, 6.45) is 0. The molecule has 0 atom stereocenters. The van der Waals surface area contributed by atoms with Crippen LogP contribution in [-0.2, 0) is 4.79 Å². The minimum atomic E-state index is -0.290. The number of rotatable bonds is 9. The van der Waals surface area contributed by atoms with Gasteiger partial charge in [0.25, 0.3) is 5.91 Å². The van der Waals surface area contributed by atoms with Crippen LogP contribution in [0.4, 0.5) is 0 Å². The van der Waals surface area contributed by atoms with E-state index >= 15 is 0 Å². The van der Waals surface area contributed by atoms with Gasteiger partial charge in [0.05, 0.1) is 18.7 Å². The highest BCUT2D eigenvalue weighted by Gasteiger charge is 2.18. The minimum absolute atomic E-state index is 0.00126. The zero-order chi connectivity index (χ0) is 18.1. The second-order valence-electron chi connectivity index (χ2n) is 6.70. The normalized spacial score (nSPS) is 10.8. The fraction of sp³-hybridized carbons (Fsp3) is 0.579. The van der Waals surface area contributed by atoms with E-state index in [9.17, 15) is 9.59 Å². The monoisotopic (exact) mass is 334 g/mol. The van der Waals surface area contributed by atoms with Gasteiger partial charge < -0.3 is 15.0 Å². The Balaban J connectivity index is 2.69. The molecule has 0 aliphatic carbocycles. The van der Waals surface area contributed by atoms with Gasteiger partial charge in [-0.25, -0.2) is 0 Å². The molecule has 134 valence electrons. The lowest BCUT2D eigenvalue weighted by molar-refractivity contribution is -0.131. The third-order valence-corrected chi connectivity index (χ3v) is 3.36. The Hall–Kier alpha value is -2.04. The summed E-state index contributed by atoms with van der Waals surface area (Å²) in [6.45, 7) is 12.1. The van der Waals surface area contributed by atoms with Crippen LogP contribution < -0.4 is 10.1 Å². The first-order valence-corrected chi connectivity index (χ1v) is 8.62. The second kappa shape index (κ2) is 9.96. The van der Waals surface area contributed by atoms with E-state index in [1.807, 2.05) is 17.9 Å². The smallest absolute Gasteiger partial charge is 0.255 e. The Morgan fingerprint density at radius 2 is 1.67 bits per heavy atom. The minimum Gasteiger partial charge on any atom is -0.493 e. The van der Waals surface area contributed by atoms with Gasteiger partial charge in [0.1, 0.15) is 5.75 Å². The summed E-state index contributed by atoms with van der Waals surface area (Å²) < 4.78 is 5.46. The zero-order valence-corrected chi connectivity index (χ0v) is 15.5. The van der Waals surface area contributed by atoms with Gasteiger partial charge in [0.2, 0.25) is 5.91 Å². The third-order valence-electron chi connectivity index (χ3n) is 3.36. The third kappa shape index (κ3) is 6.60. The number of nitrogens with zero attached hydrogens (tertiary/aromatic N) is 1. The Labute approximate surface area is 145 Å². The van der Waals surface area contributed by atoms with Crippen LogP contribution in [0.3, 0.4) is 0 Å². The summed E-state index contributed by atoms with van der Waals surface area (Å²) in [5.41, 5.74) is 0.450. The molecule has 0 unspecified atom stereocenters. The van der Waals surface area contributed by atoms with Gasteiger partial charge in [0.15, 0.2) is 0 Å². The molecule has 0 bridgehead atoms. The molecule has 0 aliphatic heterocycles. The summed E-state index contributed by atoms with van der Waals surface area (Å²) >= 11 is 0. The van der Waals surface area contributed by atoms with E-state index in [2.05, 4.69) is 33.0 Å². The highest BCUT2D eigenvalue weighted by atomic mass is 16.5. The van der Waals surface area contributed by atoms with E-state index in [0.29, 0.717) is 42.8 Å². The molecule has 0 aromatic heterocycles. The molecule has 0 saturated heterocycles. The van der Waals surface area contributed by atoms with Crippen LogP contribution in [0.15, 0.2) is 24.3 Å². The highest BCUT2D eigenvalue weighted by molar-refractivity contribution is 5.98. The molecule has 0 saturated carbocycles. The summed E-state index contributed by atoms with van der Waals surface area (Å²) in [4.78, 5) is 26.6. The van der Waals surface area contributed by atoms with Gasteiger partial charge in [-0.15, -0.1) is 0 Å². The molecule has 24 heavy (non-hydrogen) atoms. The van der Waals surface area contributed by atoms with E-state index < -0.39 is 0 Å². The van der Waals surface area contributed by atoms with E-state index in [1.54, 1.807) is 18.2 Å². The molecular weight excluding hydrogens is 304 g/mol. The fourth-order valence-electron chi connectivity index (χ4n) is 2.46. The van der Waals surface area contributed by atoms with Crippen molar-refractivity contribution in [2.75, 3.05) is 26.2 Å². The number of ether oxygens (including phenoxy) is 1. The summed E-state index contributed by atoms with van der Waals surface area (Å²) in [7, 11) is 0. The maximum atomic E-state index is 12.4. The van der Waals surface area contributed by atoms with Crippen molar-refractivity contribution in [3.8, 4) is 5.75 Å². The predicted molar refractivity (Wildman–Crippen MR) is 96.2 cm³/mol. The number of para-hydroxylation sites is 1. The standard InChI is InChI=1S/C19H30N2O3/c1-6-24-17-10-8-7-9-16(17)19(23)20-11-18(22)21(12-14(2)3)13-15(4)5/h7-10,14-15H,6,11-13H2,1-5H3,(H,20,23). The molecule has 1 rings (SSSR count). The van der Waals surface area contributed by atoms with Crippen molar-refractivity contribution in [1.29, 1.82) is 0 Å². The van der Waals surface area contributed by atoms with Crippen LogP contribution in [0.2, 0.25) is 0 Å². The lowest BCUT2D eigenvalue weighted by Gasteiger charge is -2.26. The molecule has 2 amide bonds. The number of hydrogen-bond donors (Lipinski definition) is 1. The van der Waals surface area contributed by atoms with Crippen LogP contribution >= 0.6 is 0 Å². The van der Waals surface area contributed by atoms with Crippen molar-refractivity contribution in [1.82, 2.24) is 10.2 Å². The first-order chi connectivity index (χ1) is 11.3. The molecule has 5 nitrogen and oxygen atoms in total. The van der Waals surface area contributed by atoms with Crippen LogP contribution in [0.25, 0.3) is 0 Å². The molecule has 0 aliphatic rings. The van der Waals surface area contributed by atoms with Gasteiger partial charge in [-0.2, -0.15) is 0 Å². The molecule has 0 fully saturated rings. The molecular formula is C19H30N2O3. The molecule has 1 aromatic rings. The van der Waals surface area contributed by atoms with Gasteiger partial charge >= 0.3 is 0 Å². The first-order valence-electron chi connectivity index (χ1n) is 8.62. The molecule has 5 heteroatoms. The summed E-state index contributed by atoms with van der Waals surface area (Å²) in [5.74, 6) is 0.969. The average Bonchev–Trinajstić information content (AvgIpc) is 2.51. The quantitative estimate of drug-likeness (QED) is 0.755. The van der Waals surface area contributed by atoms with Gasteiger partial charge in [-0.3, -0.25) is 9.59 Å². The lowest BCUT2D eigenvalue weighted by Crippen LogP contribution is -2.43. The topological polar surface area (TPSA) is 58.6 Å². The van der Waals surface area contributed by atoms with Gasteiger partial charge in [-0.05, 0) is 30.9 Å². The molecule has 0 heterocycles. The maximum Gasteiger partial charge on any atom is 0.255 e. The van der Waals surface area contributed by atoms with Gasteiger partial charge in [-0.1, -0.05) is 39.8 Å². The van der Waals surface area contributed by atoms with Crippen molar-refractivity contribution in [2.24, 2.45) is 11.8 Å². The summed E-state index contributed by atoms with van der Waals surface area (Å²) in [6, 6.07) is 7.05. The van der Waals surface area contributed by atoms with Crippen LogP contribution in [0, 0.1) is 11.8 Å². The number of nitrogens with one attached hydrogen (secondary N) is 1. The number of carbonyl (C=O) groups is 2. The van der Waals surface area contributed by atoms with Crippen LogP contribution in [0.1, 0.15) is 45.0 Å². The van der Waals surface area contributed by atoms with Crippen molar-refractivity contribution >= 4 is 11.8 Å². The predicted octanol–water partition coefficient (Wildman–Crippen LogP) is 2.96. The molecule has 0 spiro atoms. The number of hydrogen-bond acceptors (Lipinski definition) is 3. The highest BCUT2D eigenvalue weighted by Crippen LogP contribution is 2.17. The Kier molecular flexibility index (Phi) is 8.30.